The lowest BCUT2D eigenvalue weighted by atomic mass is 10.1. The van der Waals surface area contributed by atoms with Gasteiger partial charge in [-0.3, -0.25) is 5.10 Å². The summed E-state index contributed by atoms with van der Waals surface area (Å²) in [4.78, 5) is 8.74. The monoisotopic (exact) mass is 373 g/mol. The lowest BCUT2D eigenvalue weighted by Crippen LogP contribution is -2.05. The molecule has 4 rings (SSSR count). The van der Waals surface area contributed by atoms with Crippen molar-refractivity contribution in [3.05, 3.63) is 65.2 Å². The van der Waals surface area contributed by atoms with E-state index in [-0.39, 0.29) is 0 Å². The summed E-state index contributed by atoms with van der Waals surface area (Å²) in [5.41, 5.74) is 6.51. The van der Waals surface area contributed by atoms with Crippen LogP contribution in [0.5, 0.6) is 0 Å². The van der Waals surface area contributed by atoms with Gasteiger partial charge in [0.1, 0.15) is 12.1 Å². The third kappa shape index (κ3) is 3.15. The van der Waals surface area contributed by atoms with Crippen LogP contribution in [0.15, 0.2) is 42.7 Å². The van der Waals surface area contributed by atoms with E-state index >= 15 is 0 Å². The number of H-pyrrole nitrogens is 1. The van der Waals surface area contributed by atoms with Crippen molar-refractivity contribution >= 4 is 11.6 Å². The quantitative estimate of drug-likeness (QED) is 0.545. The van der Waals surface area contributed by atoms with E-state index in [1.54, 1.807) is 6.33 Å². The summed E-state index contributed by atoms with van der Waals surface area (Å²) < 4.78 is 1.87. The third-order valence-electron chi connectivity index (χ3n) is 4.98. The molecule has 0 saturated carbocycles. The lowest BCUT2D eigenvalue weighted by molar-refractivity contribution is 0.800. The molecule has 0 aliphatic heterocycles. The molecule has 0 amide bonds. The normalized spacial score (nSPS) is 11.0. The number of anilines is 2. The van der Waals surface area contributed by atoms with Crippen molar-refractivity contribution in [2.45, 2.75) is 34.1 Å². The molecular formula is C21H23N7. The van der Waals surface area contributed by atoms with Gasteiger partial charge in [0.25, 0.3) is 0 Å². The van der Waals surface area contributed by atoms with E-state index < -0.39 is 0 Å². The molecule has 0 spiro atoms. The van der Waals surface area contributed by atoms with Crippen LogP contribution < -0.4 is 5.32 Å². The first kappa shape index (κ1) is 17.9. The van der Waals surface area contributed by atoms with E-state index in [0.29, 0.717) is 5.82 Å². The number of aromatic nitrogens is 6. The van der Waals surface area contributed by atoms with Gasteiger partial charge in [-0.15, -0.1) is 0 Å². The van der Waals surface area contributed by atoms with Gasteiger partial charge in [-0.25, -0.2) is 14.6 Å². The Morgan fingerprint density at radius 1 is 1.07 bits per heavy atom. The average molecular weight is 373 g/mol. The van der Waals surface area contributed by atoms with Crippen molar-refractivity contribution in [2.24, 2.45) is 0 Å². The molecule has 0 unspecified atom stereocenters. The van der Waals surface area contributed by atoms with Gasteiger partial charge in [0, 0.05) is 17.3 Å². The number of hydrogen-bond donors (Lipinski definition) is 2. The standard InChI is InChI=1S/C21H23N7/c1-5-17-14(3)27-28(15(17)4)19-11-18(22-12-23-19)24-21-13(2)20(25-26-21)16-9-7-6-8-10-16/h6-12H,5H2,1-4H3,(H2,22,23,24,25,26). The number of nitrogens with zero attached hydrogens (tertiary/aromatic N) is 5. The Balaban J connectivity index is 1.64. The van der Waals surface area contributed by atoms with Gasteiger partial charge in [0.2, 0.25) is 0 Å². The van der Waals surface area contributed by atoms with E-state index in [0.717, 1.165) is 46.3 Å². The summed E-state index contributed by atoms with van der Waals surface area (Å²) in [6, 6.07) is 12.0. The minimum absolute atomic E-state index is 0.671. The molecule has 2 N–H and O–H groups in total. The first-order valence-electron chi connectivity index (χ1n) is 9.33. The number of aryl methyl sites for hydroxylation is 1. The molecule has 0 aliphatic rings. The second kappa shape index (κ2) is 7.26. The van der Waals surface area contributed by atoms with Crippen molar-refractivity contribution in [3.8, 4) is 17.1 Å². The highest BCUT2D eigenvalue weighted by atomic mass is 15.3. The molecule has 0 saturated heterocycles. The van der Waals surface area contributed by atoms with Crippen LogP contribution in [-0.2, 0) is 6.42 Å². The second-order valence-electron chi connectivity index (χ2n) is 6.74. The number of benzene rings is 1. The van der Waals surface area contributed by atoms with E-state index in [1.807, 2.05) is 42.8 Å². The fourth-order valence-corrected chi connectivity index (χ4v) is 3.47. The number of nitrogens with one attached hydrogen (secondary N) is 2. The first-order chi connectivity index (χ1) is 13.6. The van der Waals surface area contributed by atoms with E-state index in [9.17, 15) is 0 Å². The SMILES string of the molecule is CCc1c(C)nn(-c2cc(Nc3n[nH]c(-c4ccccc4)c3C)ncn2)c1C. The summed E-state index contributed by atoms with van der Waals surface area (Å²) in [7, 11) is 0. The van der Waals surface area contributed by atoms with Gasteiger partial charge in [-0.05, 0) is 38.3 Å². The van der Waals surface area contributed by atoms with Gasteiger partial charge >= 0.3 is 0 Å². The summed E-state index contributed by atoms with van der Waals surface area (Å²) >= 11 is 0. The highest BCUT2D eigenvalue weighted by Gasteiger charge is 2.14. The molecule has 7 nitrogen and oxygen atoms in total. The smallest absolute Gasteiger partial charge is 0.159 e. The van der Waals surface area contributed by atoms with Crippen LogP contribution in [0.3, 0.4) is 0 Å². The van der Waals surface area contributed by atoms with E-state index in [2.05, 4.69) is 56.6 Å². The molecule has 1 aromatic carbocycles. The molecule has 142 valence electrons. The fourth-order valence-electron chi connectivity index (χ4n) is 3.47. The summed E-state index contributed by atoms with van der Waals surface area (Å²) in [6.45, 7) is 8.27. The Kier molecular flexibility index (Phi) is 4.65. The maximum Gasteiger partial charge on any atom is 0.159 e. The number of aromatic amines is 1. The topological polar surface area (TPSA) is 84.3 Å². The van der Waals surface area contributed by atoms with Crippen LogP contribution >= 0.6 is 0 Å². The Morgan fingerprint density at radius 3 is 2.57 bits per heavy atom. The summed E-state index contributed by atoms with van der Waals surface area (Å²) in [5.74, 6) is 2.14. The number of rotatable bonds is 5. The predicted molar refractivity (Wildman–Crippen MR) is 110 cm³/mol. The molecule has 0 aliphatic carbocycles. The summed E-state index contributed by atoms with van der Waals surface area (Å²) in [5, 5.41) is 15.5. The van der Waals surface area contributed by atoms with Crippen molar-refractivity contribution in [1.29, 1.82) is 0 Å². The molecule has 4 aromatic rings. The summed E-state index contributed by atoms with van der Waals surface area (Å²) in [6.07, 6.45) is 2.49. The Bertz CT molecular complexity index is 1110. The maximum atomic E-state index is 4.64. The van der Waals surface area contributed by atoms with Crippen LogP contribution in [0.25, 0.3) is 17.1 Å². The molecule has 0 bridgehead atoms. The van der Waals surface area contributed by atoms with Crippen molar-refractivity contribution in [3.63, 3.8) is 0 Å². The molecule has 0 fully saturated rings. The Labute approximate surface area is 163 Å². The highest BCUT2D eigenvalue weighted by molar-refractivity contribution is 5.70. The Hall–Kier alpha value is -3.48. The van der Waals surface area contributed by atoms with Crippen LogP contribution in [0.2, 0.25) is 0 Å². The molecule has 28 heavy (non-hydrogen) atoms. The molecule has 7 heteroatoms. The predicted octanol–water partition coefficient (Wildman–Crippen LogP) is 4.28. The molecular weight excluding hydrogens is 350 g/mol. The van der Waals surface area contributed by atoms with E-state index in [4.69, 9.17) is 0 Å². The maximum absolute atomic E-state index is 4.64. The van der Waals surface area contributed by atoms with Gasteiger partial charge in [-0.2, -0.15) is 10.2 Å². The Morgan fingerprint density at radius 2 is 1.86 bits per heavy atom. The minimum Gasteiger partial charge on any atom is -0.323 e. The van der Waals surface area contributed by atoms with Crippen LogP contribution in [0.1, 0.15) is 29.4 Å². The van der Waals surface area contributed by atoms with Crippen molar-refractivity contribution in [2.75, 3.05) is 5.32 Å². The molecule has 3 aromatic heterocycles. The minimum atomic E-state index is 0.671. The zero-order valence-electron chi connectivity index (χ0n) is 16.5. The van der Waals surface area contributed by atoms with E-state index in [1.165, 1.54) is 5.56 Å². The first-order valence-corrected chi connectivity index (χ1v) is 9.33. The second-order valence-corrected chi connectivity index (χ2v) is 6.74. The zero-order chi connectivity index (χ0) is 19.7. The van der Waals surface area contributed by atoms with Crippen molar-refractivity contribution in [1.82, 2.24) is 29.9 Å². The van der Waals surface area contributed by atoms with Crippen LogP contribution in [-0.4, -0.2) is 29.9 Å². The van der Waals surface area contributed by atoms with Gasteiger partial charge in [-0.1, -0.05) is 37.3 Å². The number of hydrogen-bond acceptors (Lipinski definition) is 5. The average Bonchev–Trinajstić information content (AvgIpc) is 3.21. The van der Waals surface area contributed by atoms with Gasteiger partial charge in [0.05, 0.1) is 11.4 Å². The molecule has 3 heterocycles. The van der Waals surface area contributed by atoms with Crippen LogP contribution in [0.4, 0.5) is 11.6 Å². The fraction of sp³-hybridized carbons (Fsp3) is 0.238. The molecule has 0 radical (unpaired) electrons. The van der Waals surface area contributed by atoms with Gasteiger partial charge in [0.15, 0.2) is 11.6 Å². The van der Waals surface area contributed by atoms with Crippen LogP contribution in [0, 0.1) is 20.8 Å². The largest absolute Gasteiger partial charge is 0.323 e. The molecule has 0 atom stereocenters. The third-order valence-corrected chi connectivity index (χ3v) is 4.98. The van der Waals surface area contributed by atoms with Gasteiger partial charge < -0.3 is 5.32 Å². The lowest BCUT2D eigenvalue weighted by Gasteiger charge is -2.07. The van der Waals surface area contributed by atoms with Crippen molar-refractivity contribution < 1.29 is 0 Å². The highest BCUT2D eigenvalue weighted by Crippen LogP contribution is 2.27. The zero-order valence-corrected chi connectivity index (χ0v) is 16.5.